The molecule has 0 aromatic heterocycles. The van der Waals surface area contributed by atoms with Crippen molar-refractivity contribution in [2.75, 3.05) is 6.61 Å². The molecule has 3 aliphatic carbocycles. The van der Waals surface area contributed by atoms with Gasteiger partial charge in [-0.3, -0.25) is 0 Å². The topological polar surface area (TPSA) is 20.2 Å². The highest BCUT2D eigenvalue weighted by Crippen LogP contribution is 2.90. The summed E-state index contributed by atoms with van der Waals surface area (Å²) in [5, 5.41) is 8.74. The van der Waals surface area contributed by atoms with E-state index in [4.69, 9.17) is 5.11 Å². The number of hydrogen-bond acceptors (Lipinski definition) is 1. The Labute approximate surface area is 67.8 Å². The van der Waals surface area contributed by atoms with Crippen molar-refractivity contribution in [1.82, 2.24) is 0 Å². The van der Waals surface area contributed by atoms with E-state index in [0.29, 0.717) is 6.61 Å². The van der Waals surface area contributed by atoms with Crippen LogP contribution in [0.3, 0.4) is 0 Å². The van der Waals surface area contributed by atoms with Gasteiger partial charge in [-0.1, -0.05) is 6.42 Å². The Morgan fingerprint density at radius 1 is 1.27 bits per heavy atom. The second-order valence-electron chi connectivity index (χ2n) is 4.61. The SMILES string of the molecule is OCCCC12C3[C@H]1CCC[C@@H]32. The van der Waals surface area contributed by atoms with Crippen molar-refractivity contribution in [3.8, 4) is 0 Å². The number of hydrogen-bond donors (Lipinski definition) is 1. The van der Waals surface area contributed by atoms with Crippen LogP contribution in [0.4, 0.5) is 0 Å². The Bertz CT molecular complexity index is 166. The van der Waals surface area contributed by atoms with Crippen molar-refractivity contribution in [3.63, 3.8) is 0 Å². The fraction of sp³-hybridized carbons (Fsp3) is 1.00. The summed E-state index contributed by atoms with van der Waals surface area (Å²) in [5.74, 6) is 3.38. The molecule has 0 aromatic rings. The first kappa shape index (κ1) is 6.47. The lowest BCUT2D eigenvalue weighted by Crippen LogP contribution is -2.15. The number of fused-ring (bicyclic) bond motifs is 2. The summed E-state index contributed by atoms with van der Waals surface area (Å²) in [6.07, 6.45) is 6.90. The molecule has 1 heteroatoms. The normalized spacial score (nSPS) is 57.0. The minimum Gasteiger partial charge on any atom is -0.396 e. The maximum Gasteiger partial charge on any atom is 0.0431 e. The van der Waals surface area contributed by atoms with Crippen LogP contribution >= 0.6 is 0 Å². The van der Waals surface area contributed by atoms with E-state index in [-0.39, 0.29) is 0 Å². The number of aliphatic hydroxyl groups excluding tert-OH is 1. The van der Waals surface area contributed by atoms with Crippen LogP contribution in [-0.4, -0.2) is 11.7 Å². The number of rotatable bonds is 3. The molecule has 0 aliphatic heterocycles. The Morgan fingerprint density at radius 3 is 2.55 bits per heavy atom. The van der Waals surface area contributed by atoms with Gasteiger partial charge in [0.1, 0.15) is 0 Å². The van der Waals surface area contributed by atoms with Crippen molar-refractivity contribution >= 4 is 0 Å². The largest absolute Gasteiger partial charge is 0.396 e. The summed E-state index contributed by atoms with van der Waals surface area (Å²) < 4.78 is 0. The molecule has 0 saturated heterocycles. The summed E-state index contributed by atoms with van der Waals surface area (Å²) in [6, 6.07) is 0. The number of aliphatic hydroxyl groups is 1. The second kappa shape index (κ2) is 1.82. The van der Waals surface area contributed by atoms with Crippen LogP contribution in [0, 0.1) is 23.2 Å². The molecule has 1 N–H and O–H groups in total. The Balaban J connectivity index is 1.64. The highest BCUT2D eigenvalue weighted by molar-refractivity contribution is 5.32. The molecule has 2 unspecified atom stereocenters. The van der Waals surface area contributed by atoms with Gasteiger partial charge in [0.05, 0.1) is 0 Å². The van der Waals surface area contributed by atoms with Crippen LogP contribution < -0.4 is 0 Å². The van der Waals surface area contributed by atoms with E-state index >= 15 is 0 Å². The van der Waals surface area contributed by atoms with Crippen molar-refractivity contribution in [2.45, 2.75) is 32.1 Å². The molecule has 11 heavy (non-hydrogen) atoms. The zero-order valence-corrected chi connectivity index (χ0v) is 6.92. The average molecular weight is 152 g/mol. The first-order valence-corrected chi connectivity index (χ1v) is 5.02. The fourth-order valence-corrected chi connectivity index (χ4v) is 3.96. The molecule has 4 atom stereocenters. The Morgan fingerprint density at radius 2 is 2.00 bits per heavy atom. The van der Waals surface area contributed by atoms with E-state index in [9.17, 15) is 0 Å². The molecule has 0 radical (unpaired) electrons. The van der Waals surface area contributed by atoms with Crippen LogP contribution in [0.25, 0.3) is 0 Å². The average Bonchev–Trinajstić information content (AvgIpc) is 2.91. The summed E-state index contributed by atoms with van der Waals surface area (Å²) in [6.45, 7) is 0.411. The molecule has 3 aliphatic rings. The molecular formula is C10H16O. The predicted molar refractivity (Wildman–Crippen MR) is 43.1 cm³/mol. The molecule has 0 amide bonds. The van der Waals surface area contributed by atoms with Crippen LogP contribution in [0.15, 0.2) is 0 Å². The van der Waals surface area contributed by atoms with Crippen LogP contribution in [0.1, 0.15) is 32.1 Å². The van der Waals surface area contributed by atoms with E-state index in [2.05, 4.69) is 0 Å². The van der Waals surface area contributed by atoms with Crippen LogP contribution in [0.2, 0.25) is 0 Å². The van der Waals surface area contributed by atoms with E-state index < -0.39 is 0 Å². The summed E-state index contributed by atoms with van der Waals surface area (Å²) in [4.78, 5) is 0. The van der Waals surface area contributed by atoms with Gasteiger partial charge in [0.25, 0.3) is 0 Å². The molecule has 62 valence electrons. The zero-order chi connectivity index (χ0) is 7.47. The van der Waals surface area contributed by atoms with Crippen molar-refractivity contribution in [1.29, 1.82) is 0 Å². The lowest BCUT2D eigenvalue weighted by Gasteiger charge is -2.24. The summed E-state index contributed by atoms with van der Waals surface area (Å²) >= 11 is 0. The first-order chi connectivity index (χ1) is 5.41. The standard InChI is InChI=1S/C10H16O/c11-6-2-5-10-7-3-1-4-8(10)9(7)10/h7-9,11H,1-6H2/t7-,8+,9?,10?. The van der Waals surface area contributed by atoms with Gasteiger partial charge in [-0.25, -0.2) is 0 Å². The van der Waals surface area contributed by atoms with Gasteiger partial charge >= 0.3 is 0 Å². The van der Waals surface area contributed by atoms with Gasteiger partial charge in [-0.2, -0.15) is 0 Å². The second-order valence-corrected chi connectivity index (χ2v) is 4.61. The predicted octanol–water partition coefficient (Wildman–Crippen LogP) is 1.80. The molecule has 0 heterocycles. The maximum atomic E-state index is 8.74. The van der Waals surface area contributed by atoms with Gasteiger partial charge in [-0.05, 0) is 48.9 Å². The monoisotopic (exact) mass is 152 g/mol. The Kier molecular flexibility index (Phi) is 1.07. The molecule has 0 spiro atoms. The molecule has 0 bridgehead atoms. The maximum absolute atomic E-state index is 8.74. The van der Waals surface area contributed by atoms with Gasteiger partial charge in [-0.15, -0.1) is 0 Å². The molecule has 3 saturated carbocycles. The fourth-order valence-electron chi connectivity index (χ4n) is 3.96. The summed E-state index contributed by atoms with van der Waals surface area (Å²) in [7, 11) is 0. The van der Waals surface area contributed by atoms with Gasteiger partial charge < -0.3 is 5.11 Å². The lowest BCUT2D eigenvalue weighted by molar-refractivity contribution is 0.228. The van der Waals surface area contributed by atoms with Crippen LogP contribution in [0.5, 0.6) is 0 Å². The molecule has 1 nitrogen and oxygen atoms in total. The third kappa shape index (κ3) is 0.581. The third-order valence-electron chi connectivity index (χ3n) is 4.45. The smallest absolute Gasteiger partial charge is 0.0431 e. The van der Waals surface area contributed by atoms with Crippen molar-refractivity contribution in [2.24, 2.45) is 23.2 Å². The van der Waals surface area contributed by atoms with Crippen molar-refractivity contribution < 1.29 is 5.11 Å². The van der Waals surface area contributed by atoms with Gasteiger partial charge in [0, 0.05) is 6.61 Å². The van der Waals surface area contributed by atoms with E-state index in [1.54, 1.807) is 0 Å². The lowest BCUT2D eigenvalue weighted by atomic mass is 9.81. The molecule has 0 aromatic carbocycles. The van der Waals surface area contributed by atoms with Crippen molar-refractivity contribution in [3.05, 3.63) is 0 Å². The van der Waals surface area contributed by atoms with E-state index in [1.165, 1.54) is 25.7 Å². The minimum absolute atomic E-state index is 0.411. The van der Waals surface area contributed by atoms with E-state index in [1.807, 2.05) is 0 Å². The Hall–Kier alpha value is -0.0400. The van der Waals surface area contributed by atoms with Gasteiger partial charge in [0.15, 0.2) is 0 Å². The highest BCUT2D eigenvalue weighted by atomic mass is 16.2. The minimum atomic E-state index is 0.411. The summed E-state index contributed by atoms with van der Waals surface area (Å²) in [5.41, 5.74) is 0.820. The zero-order valence-electron chi connectivity index (χ0n) is 6.92. The quantitative estimate of drug-likeness (QED) is 0.654. The van der Waals surface area contributed by atoms with Crippen LogP contribution in [-0.2, 0) is 0 Å². The van der Waals surface area contributed by atoms with Gasteiger partial charge in [0.2, 0.25) is 0 Å². The molecule has 3 rings (SSSR count). The first-order valence-electron chi connectivity index (χ1n) is 5.02. The molecular weight excluding hydrogens is 136 g/mol. The third-order valence-corrected chi connectivity index (χ3v) is 4.45. The molecule has 3 fully saturated rings. The highest BCUT2D eigenvalue weighted by Gasteiger charge is 2.85. The van der Waals surface area contributed by atoms with E-state index in [0.717, 1.165) is 29.6 Å².